The number of benzene rings is 2. The van der Waals surface area contributed by atoms with Crippen LogP contribution in [0.4, 0.5) is 4.39 Å². The molecule has 0 atom stereocenters. The second-order valence-electron chi connectivity index (χ2n) is 4.35. The number of aryl methyl sites for hydroxylation is 1. The quantitative estimate of drug-likeness (QED) is 0.590. The van der Waals surface area contributed by atoms with Gasteiger partial charge in [0.15, 0.2) is 5.78 Å². The highest BCUT2D eigenvalue weighted by molar-refractivity contribution is 7.99. The van der Waals surface area contributed by atoms with Crippen molar-refractivity contribution in [2.45, 2.75) is 18.2 Å². The van der Waals surface area contributed by atoms with Gasteiger partial charge in [-0.15, -0.1) is 11.8 Å². The van der Waals surface area contributed by atoms with Crippen LogP contribution >= 0.6 is 11.8 Å². The molecular weight excluding hydrogens is 259 g/mol. The first-order valence-corrected chi connectivity index (χ1v) is 7.12. The number of hydrogen-bond donors (Lipinski definition) is 0. The lowest BCUT2D eigenvalue weighted by atomic mass is 10.1. The van der Waals surface area contributed by atoms with Crippen molar-refractivity contribution in [3.63, 3.8) is 0 Å². The highest BCUT2D eigenvalue weighted by atomic mass is 32.2. The Morgan fingerprint density at radius 1 is 1.16 bits per heavy atom. The Labute approximate surface area is 116 Å². The lowest BCUT2D eigenvalue weighted by molar-refractivity contribution is 0.0989. The van der Waals surface area contributed by atoms with E-state index in [0.29, 0.717) is 12.0 Å². The number of halogens is 1. The minimum Gasteiger partial charge on any atom is -0.294 e. The Morgan fingerprint density at radius 2 is 1.89 bits per heavy atom. The molecule has 0 radical (unpaired) electrons. The lowest BCUT2D eigenvalue weighted by Gasteiger charge is -2.03. The first-order chi connectivity index (χ1) is 9.15. The summed E-state index contributed by atoms with van der Waals surface area (Å²) in [7, 11) is 0. The molecule has 0 aliphatic rings. The van der Waals surface area contributed by atoms with Crippen LogP contribution in [0.15, 0.2) is 53.4 Å². The molecule has 0 N–H and O–H groups in total. The van der Waals surface area contributed by atoms with Gasteiger partial charge < -0.3 is 0 Å². The molecule has 0 bridgehead atoms. The Bertz CT molecular complexity index is 563. The predicted molar refractivity (Wildman–Crippen MR) is 77.3 cm³/mol. The van der Waals surface area contributed by atoms with E-state index in [1.54, 1.807) is 11.8 Å². The molecule has 0 fully saturated rings. The fourth-order valence-corrected chi connectivity index (χ4v) is 2.71. The van der Waals surface area contributed by atoms with Crippen LogP contribution in [-0.2, 0) is 0 Å². The molecule has 2 aromatic carbocycles. The van der Waals surface area contributed by atoms with Gasteiger partial charge in [0.05, 0.1) is 0 Å². The first kappa shape index (κ1) is 13.8. The van der Waals surface area contributed by atoms with E-state index in [4.69, 9.17) is 0 Å². The number of thioether (sulfide) groups is 1. The summed E-state index contributed by atoms with van der Waals surface area (Å²) in [5, 5.41) is 0. The molecule has 0 aliphatic carbocycles. The summed E-state index contributed by atoms with van der Waals surface area (Å²) < 4.78 is 12.7. The highest BCUT2D eigenvalue weighted by Crippen LogP contribution is 2.20. The van der Waals surface area contributed by atoms with Crippen molar-refractivity contribution in [3.8, 4) is 0 Å². The summed E-state index contributed by atoms with van der Waals surface area (Å²) in [6.45, 7) is 2.05. The van der Waals surface area contributed by atoms with E-state index >= 15 is 0 Å². The summed E-state index contributed by atoms with van der Waals surface area (Å²) in [5.41, 5.74) is 1.79. The minimum atomic E-state index is -0.314. The number of Topliss-reactive ketones (excluding diaryl/α,β-unsaturated/α-hetero) is 1. The Kier molecular flexibility index (Phi) is 4.74. The molecule has 2 aromatic rings. The van der Waals surface area contributed by atoms with Gasteiger partial charge in [0.1, 0.15) is 5.82 Å². The van der Waals surface area contributed by atoms with Crippen LogP contribution in [0, 0.1) is 12.7 Å². The minimum absolute atomic E-state index is 0.0557. The van der Waals surface area contributed by atoms with Gasteiger partial charge in [0.2, 0.25) is 0 Å². The largest absolute Gasteiger partial charge is 0.294 e. The first-order valence-electron chi connectivity index (χ1n) is 6.13. The monoisotopic (exact) mass is 274 g/mol. The van der Waals surface area contributed by atoms with Crippen molar-refractivity contribution in [3.05, 3.63) is 65.5 Å². The van der Waals surface area contributed by atoms with Crippen molar-refractivity contribution >= 4 is 17.5 Å². The van der Waals surface area contributed by atoms with Crippen LogP contribution in [-0.4, -0.2) is 11.5 Å². The topological polar surface area (TPSA) is 17.1 Å². The fourth-order valence-electron chi connectivity index (χ4n) is 1.75. The van der Waals surface area contributed by atoms with E-state index in [1.807, 2.05) is 25.1 Å². The van der Waals surface area contributed by atoms with Gasteiger partial charge in [-0.2, -0.15) is 0 Å². The Hall–Kier alpha value is -1.61. The van der Waals surface area contributed by atoms with Crippen molar-refractivity contribution in [1.82, 2.24) is 0 Å². The van der Waals surface area contributed by atoms with Gasteiger partial charge >= 0.3 is 0 Å². The fraction of sp³-hybridized carbons (Fsp3) is 0.188. The van der Waals surface area contributed by atoms with E-state index < -0.39 is 0 Å². The van der Waals surface area contributed by atoms with Gasteiger partial charge in [-0.3, -0.25) is 4.79 Å². The second kappa shape index (κ2) is 6.53. The summed E-state index contributed by atoms with van der Waals surface area (Å²) in [6, 6.07) is 13.9. The van der Waals surface area contributed by atoms with Crippen molar-refractivity contribution in [2.75, 3.05) is 5.75 Å². The summed E-state index contributed by atoms with van der Waals surface area (Å²) in [4.78, 5) is 13.1. The van der Waals surface area contributed by atoms with Crippen LogP contribution in [0.2, 0.25) is 0 Å². The van der Waals surface area contributed by atoms with Crippen LogP contribution in [0.5, 0.6) is 0 Å². The maximum atomic E-state index is 12.7. The van der Waals surface area contributed by atoms with Gasteiger partial charge in [-0.05, 0) is 43.3 Å². The zero-order valence-electron chi connectivity index (χ0n) is 10.7. The number of rotatable bonds is 5. The smallest absolute Gasteiger partial charge is 0.163 e. The van der Waals surface area contributed by atoms with Gasteiger partial charge in [-0.25, -0.2) is 4.39 Å². The van der Waals surface area contributed by atoms with E-state index in [2.05, 4.69) is 6.07 Å². The molecule has 2 rings (SSSR count). The third kappa shape index (κ3) is 4.21. The zero-order chi connectivity index (χ0) is 13.7. The number of ketones is 1. The van der Waals surface area contributed by atoms with Gasteiger partial charge in [-0.1, -0.05) is 17.7 Å². The van der Waals surface area contributed by atoms with Crippen LogP contribution in [0.1, 0.15) is 22.3 Å². The third-order valence-electron chi connectivity index (χ3n) is 2.75. The summed E-state index contributed by atoms with van der Waals surface area (Å²) in [5.74, 6) is 0.477. The molecule has 0 aromatic heterocycles. The molecule has 3 heteroatoms. The summed E-state index contributed by atoms with van der Waals surface area (Å²) in [6.07, 6.45) is 0.463. The lowest BCUT2D eigenvalue weighted by Crippen LogP contribution is -2.00. The van der Waals surface area contributed by atoms with E-state index in [0.717, 1.165) is 5.75 Å². The summed E-state index contributed by atoms with van der Waals surface area (Å²) >= 11 is 1.67. The van der Waals surface area contributed by atoms with E-state index in [-0.39, 0.29) is 11.6 Å². The molecule has 0 aliphatic heterocycles. The molecule has 19 heavy (non-hydrogen) atoms. The zero-order valence-corrected chi connectivity index (χ0v) is 11.5. The number of hydrogen-bond acceptors (Lipinski definition) is 2. The van der Waals surface area contributed by atoms with Crippen molar-refractivity contribution in [1.29, 1.82) is 0 Å². The SMILES string of the molecule is Cc1cccc(SCCC(=O)c2ccc(F)cc2)c1. The van der Waals surface area contributed by atoms with E-state index in [9.17, 15) is 9.18 Å². The average molecular weight is 274 g/mol. The second-order valence-corrected chi connectivity index (χ2v) is 5.51. The van der Waals surface area contributed by atoms with Gasteiger partial charge in [0.25, 0.3) is 0 Å². The normalized spacial score (nSPS) is 10.4. The van der Waals surface area contributed by atoms with Crippen LogP contribution < -0.4 is 0 Å². The predicted octanol–water partition coefficient (Wildman–Crippen LogP) is 4.50. The van der Waals surface area contributed by atoms with E-state index in [1.165, 1.54) is 34.7 Å². The standard InChI is InChI=1S/C16H15FOS/c1-12-3-2-4-15(11-12)19-10-9-16(18)13-5-7-14(17)8-6-13/h2-8,11H,9-10H2,1H3. The third-order valence-corrected chi connectivity index (χ3v) is 3.75. The van der Waals surface area contributed by atoms with Crippen molar-refractivity contribution in [2.24, 2.45) is 0 Å². The molecule has 98 valence electrons. The molecule has 0 saturated heterocycles. The molecule has 0 unspecified atom stereocenters. The highest BCUT2D eigenvalue weighted by Gasteiger charge is 2.06. The molecule has 1 nitrogen and oxygen atoms in total. The Balaban J connectivity index is 1.86. The average Bonchev–Trinajstić information content (AvgIpc) is 2.39. The molecule has 0 spiro atoms. The molecule has 0 amide bonds. The maximum Gasteiger partial charge on any atom is 0.163 e. The molecular formula is C16H15FOS. The van der Waals surface area contributed by atoms with Crippen LogP contribution in [0.3, 0.4) is 0 Å². The van der Waals surface area contributed by atoms with Crippen LogP contribution in [0.25, 0.3) is 0 Å². The molecule has 0 saturated carbocycles. The molecule has 0 heterocycles. The number of carbonyl (C=O) groups excluding carboxylic acids is 1. The maximum absolute atomic E-state index is 12.7. The number of carbonyl (C=O) groups is 1. The Morgan fingerprint density at radius 3 is 2.58 bits per heavy atom. The van der Waals surface area contributed by atoms with Gasteiger partial charge in [0, 0.05) is 22.6 Å². The van der Waals surface area contributed by atoms with Crippen molar-refractivity contribution < 1.29 is 9.18 Å².